The summed E-state index contributed by atoms with van der Waals surface area (Å²) in [6.45, 7) is 1.86. The number of nitrogens with zero attached hydrogens (tertiary/aromatic N) is 3. The van der Waals surface area contributed by atoms with E-state index in [0.717, 1.165) is 5.69 Å². The molecule has 0 radical (unpaired) electrons. The maximum Gasteiger partial charge on any atom is 0.256 e. The van der Waals surface area contributed by atoms with Crippen molar-refractivity contribution < 1.29 is 13.9 Å². The number of furan rings is 1. The van der Waals surface area contributed by atoms with Gasteiger partial charge in [0.25, 0.3) is 5.91 Å². The number of methoxy groups -OCH3 is 1. The molecule has 1 amide bonds. The number of aromatic nitrogens is 3. The zero-order valence-corrected chi connectivity index (χ0v) is 15.2. The molecule has 0 fully saturated rings. The number of para-hydroxylation sites is 2. The molecule has 0 aliphatic heterocycles. The fourth-order valence-corrected chi connectivity index (χ4v) is 3.11. The van der Waals surface area contributed by atoms with E-state index in [0.29, 0.717) is 39.5 Å². The maximum absolute atomic E-state index is 13.1. The summed E-state index contributed by atoms with van der Waals surface area (Å²) in [7, 11) is 3.37. The minimum Gasteiger partial charge on any atom is -0.495 e. The molecule has 0 saturated heterocycles. The monoisotopic (exact) mass is 362 g/mol. The third-order valence-electron chi connectivity index (χ3n) is 4.34. The van der Waals surface area contributed by atoms with Crippen molar-refractivity contribution >= 4 is 22.6 Å². The second-order valence-corrected chi connectivity index (χ2v) is 6.09. The first-order valence-electron chi connectivity index (χ1n) is 8.41. The first-order chi connectivity index (χ1) is 13.1. The van der Waals surface area contributed by atoms with Crippen LogP contribution in [0.1, 0.15) is 16.1 Å². The normalized spacial score (nSPS) is 10.9. The number of aryl methyl sites for hydroxylation is 2. The van der Waals surface area contributed by atoms with Gasteiger partial charge in [-0.15, -0.1) is 0 Å². The fraction of sp³-hybridized carbons (Fsp3) is 0.150. The van der Waals surface area contributed by atoms with Crippen LogP contribution in [0.5, 0.6) is 5.75 Å². The number of carbonyl (C=O) groups is 1. The van der Waals surface area contributed by atoms with Crippen molar-refractivity contribution in [1.29, 1.82) is 0 Å². The Hall–Kier alpha value is -3.61. The highest BCUT2D eigenvalue weighted by Gasteiger charge is 2.20. The smallest absolute Gasteiger partial charge is 0.256 e. The number of carbonyl (C=O) groups excluding carboxylic acids is 1. The SMILES string of the molecule is COc1ccccc1NC(=O)c1cc(-c2ccco2)nc2c1c(C)nn2C. The van der Waals surface area contributed by atoms with Crippen LogP contribution in [0.3, 0.4) is 0 Å². The van der Waals surface area contributed by atoms with Gasteiger partial charge in [0.15, 0.2) is 11.4 Å². The molecule has 27 heavy (non-hydrogen) atoms. The van der Waals surface area contributed by atoms with E-state index in [9.17, 15) is 4.79 Å². The van der Waals surface area contributed by atoms with Crippen LogP contribution < -0.4 is 10.1 Å². The topological polar surface area (TPSA) is 82.2 Å². The average molecular weight is 362 g/mol. The Bertz CT molecular complexity index is 1130. The van der Waals surface area contributed by atoms with Gasteiger partial charge >= 0.3 is 0 Å². The summed E-state index contributed by atoms with van der Waals surface area (Å²) >= 11 is 0. The van der Waals surface area contributed by atoms with Crippen LogP contribution in [0.2, 0.25) is 0 Å². The van der Waals surface area contributed by atoms with E-state index in [1.54, 1.807) is 55.4 Å². The van der Waals surface area contributed by atoms with Crippen molar-refractivity contribution in [2.45, 2.75) is 6.92 Å². The molecule has 0 aliphatic rings. The Kier molecular flexibility index (Phi) is 4.12. The molecule has 7 nitrogen and oxygen atoms in total. The van der Waals surface area contributed by atoms with Gasteiger partial charge in [0.1, 0.15) is 11.4 Å². The highest BCUT2D eigenvalue weighted by atomic mass is 16.5. The fourth-order valence-electron chi connectivity index (χ4n) is 3.11. The van der Waals surface area contributed by atoms with Crippen molar-refractivity contribution in [3.8, 4) is 17.2 Å². The van der Waals surface area contributed by atoms with Crippen molar-refractivity contribution in [2.24, 2.45) is 7.05 Å². The van der Waals surface area contributed by atoms with E-state index in [2.05, 4.69) is 15.4 Å². The van der Waals surface area contributed by atoms with Crippen molar-refractivity contribution in [1.82, 2.24) is 14.8 Å². The molecule has 0 atom stereocenters. The van der Waals surface area contributed by atoms with Crippen molar-refractivity contribution in [3.05, 3.63) is 60.0 Å². The number of rotatable bonds is 4. The number of pyridine rings is 1. The molecule has 0 aliphatic carbocycles. The second kappa shape index (κ2) is 6.60. The lowest BCUT2D eigenvalue weighted by atomic mass is 10.1. The largest absolute Gasteiger partial charge is 0.495 e. The Labute approximate surface area is 155 Å². The van der Waals surface area contributed by atoms with Crippen LogP contribution in [-0.4, -0.2) is 27.8 Å². The summed E-state index contributed by atoms with van der Waals surface area (Å²) in [5.41, 5.74) is 2.99. The predicted molar refractivity (Wildman–Crippen MR) is 102 cm³/mol. The van der Waals surface area contributed by atoms with E-state index < -0.39 is 0 Å². The predicted octanol–water partition coefficient (Wildman–Crippen LogP) is 3.80. The molecule has 4 rings (SSSR count). The molecule has 3 aromatic heterocycles. The van der Waals surface area contributed by atoms with Crippen LogP contribution in [-0.2, 0) is 7.05 Å². The molecule has 1 N–H and O–H groups in total. The van der Waals surface area contributed by atoms with Crippen molar-refractivity contribution in [2.75, 3.05) is 12.4 Å². The minimum absolute atomic E-state index is 0.268. The van der Waals surface area contributed by atoms with Gasteiger partial charge in [0.2, 0.25) is 0 Å². The summed E-state index contributed by atoms with van der Waals surface area (Å²) in [5.74, 6) is 0.906. The number of hydrogen-bond acceptors (Lipinski definition) is 5. The van der Waals surface area contributed by atoms with E-state index in [4.69, 9.17) is 9.15 Å². The molecule has 0 saturated carbocycles. The Morgan fingerprint density at radius 2 is 2.04 bits per heavy atom. The number of nitrogens with one attached hydrogen (secondary N) is 1. The molecule has 136 valence electrons. The third-order valence-corrected chi connectivity index (χ3v) is 4.34. The second-order valence-electron chi connectivity index (χ2n) is 6.09. The van der Waals surface area contributed by atoms with Crippen LogP contribution >= 0.6 is 0 Å². The third kappa shape index (κ3) is 2.93. The van der Waals surface area contributed by atoms with Gasteiger partial charge in [-0.2, -0.15) is 5.10 Å². The lowest BCUT2D eigenvalue weighted by molar-refractivity contribution is 0.102. The van der Waals surface area contributed by atoms with Gasteiger partial charge in [-0.3, -0.25) is 9.48 Å². The van der Waals surface area contributed by atoms with Crippen LogP contribution in [0.25, 0.3) is 22.5 Å². The van der Waals surface area contributed by atoms with Gasteiger partial charge < -0.3 is 14.5 Å². The number of benzene rings is 1. The number of fused-ring (bicyclic) bond motifs is 1. The molecule has 0 bridgehead atoms. The minimum atomic E-state index is -0.268. The van der Waals surface area contributed by atoms with Gasteiger partial charge in [-0.05, 0) is 37.3 Å². The average Bonchev–Trinajstić information content (AvgIpc) is 3.30. The molecule has 1 aromatic carbocycles. The Balaban J connectivity index is 1.85. The van der Waals surface area contributed by atoms with E-state index in [1.807, 2.05) is 19.1 Å². The molecular weight excluding hydrogens is 344 g/mol. The standard InChI is InChI=1S/C20H18N4O3/c1-12-18-13(20(25)22-14-7-4-5-8-16(14)26-3)11-15(17-9-6-10-27-17)21-19(18)24(2)23-12/h4-11H,1-3H3,(H,22,25). The van der Waals surface area contributed by atoms with E-state index >= 15 is 0 Å². The van der Waals surface area contributed by atoms with Gasteiger partial charge in [0, 0.05) is 7.05 Å². The summed E-state index contributed by atoms with van der Waals surface area (Å²) in [4.78, 5) is 17.7. The van der Waals surface area contributed by atoms with Crippen LogP contribution in [0, 0.1) is 6.92 Å². The van der Waals surface area contributed by atoms with Gasteiger partial charge in [-0.25, -0.2) is 4.98 Å². The van der Waals surface area contributed by atoms with Gasteiger partial charge in [0.05, 0.1) is 35.7 Å². The van der Waals surface area contributed by atoms with Gasteiger partial charge in [-0.1, -0.05) is 12.1 Å². The molecule has 0 spiro atoms. The molecular formula is C20H18N4O3. The van der Waals surface area contributed by atoms with E-state index in [-0.39, 0.29) is 5.91 Å². The van der Waals surface area contributed by atoms with Crippen LogP contribution in [0.15, 0.2) is 53.1 Å². The molecule has 3 heterocycles. The zero-order valence-electron chi connectivity index (χ0n) is 15.2. The first kappa shape index (κ1) is 16.8. The Morgan fingerprint density at radius 3 is 2.78 bits per heavy atom. The summed E-state index contributed by atoms with van der Waals surface area (Å²) in [5, 5.41) is 8.04. The van der Waals surface area contributed by atoms with E-state index in [1.165, 1.54) is 0 Å². The van der Waals surface area contributed by atoms with Crippen molar-refractivity contribution in [3.63, 3.8) is 0 Å². The number of amides is 1. The number of hydrogen-bond donors (Lipinski definition) is 1. The highest BCUT2D eigenvalue weighted by molar-refractivity contribution is 6.13. The summed E-state index contributed by atoms with van der Waals surface area (Å²) in [6, 6.07) is 12.6. The lowest BCUT2D eigenvalue weighted by Gasteiger charge is -2.11. The summed E-state index contributed by atoms with van der Waals surface area (Å²) in [6.07, 6.45) is 1.57. The summed E-state index contributed by atoms with van der Waals surface area (Å²) < 4.78 is 12.4. The number of ether oxygens (including phenoxy) is 1. The number of anilines is 1. The molecule has 7 heteroatoms. The Morgan fingerprint density at radius 1 is 1.22 bits per heavy atom. The molecule has 0 unspecified atom stereocenters. The highest BCUT2D eigenvalue weighted by Crippen LogP contribution is 2.29. The maximum atomic E-state index is 13.1. The lowest BCUT2D eigenvalue weighted by Crippen LogP contribution is -2.14. The molecule has 4 aromatic rings. The van der Waals surface area contributed by atoms with Crippen LogP contribution in [0.4, 0.5) is 5.69 Å². The quantitative estimate of drug-likeness (QED) is 0.597. The first-order valence-corrected chi connectivity index (χ1v) is 8.41. The zero-order chi connectivity index (χ0) is 19.0.